The van der Waals surface area contributed by atoms with Crippen molar-refractivity contribution in [3.63, 3.8) is 0 Å². The number of carboxylic acid groups (broad SMARTS) is 1. The van der Waals surface area contributed by atoms with Gasteiger partial charge in [0, 0.05) is 23.4 Å². The van der Waals surface area contributed by atoms with E-state index in [0.717, 1.165) is 24.2 Å². The van der Waals surface area contributed by atoms with Gasteiger partial charge >= 0.3 is 5.97 Å². The fourth-order valence-electron chi connectivity index (χ4n) is 3.89. The van der Waals surface area contributed by atoms with Gasteiger partial charge in [-0.1, -0.05) is 28.3 Å². The largest absolute Gasteiger partial charge is 0.477 e. The third kappa shape index (κ3) is 5.45. The Bertz CT molecular complexity index is 1260. The SMILES string of the molecule is NCC(O/N=C(/C(=O)NC1C(=O)N2C(C(=O)O)=C(CSc3nncs3)CS[C@H]12)c1csc(N)n1)C1CC1. The average molecular weight is 583 g/mol. The minimum absolute atomic E-state index is 0.0593. The molecule has 0 aromatic carbocycles. The summed E-state index contributed by atoms with van der Waals surface area (Å²) in [6, 6.07) is -0.931. The highest BCUT2D eigenvalue weighted by Crippen LogP contribution is 2.41. The summed E-state index contributed by atoms with van der Waals surface area (Å²) in [5.41, 5.74) is 13.8. The van der Waals surface area contributed by atoms with E-state index in [-0.39, 0.29) is 34.9 Å². The smallest absolute Gasteiger partial charge is 0.352 e. The number of oxime groups is 1. The Kier molecular flexibility index (Phi) is 7.66. The number of nitrogen functional groups attached to an aromatic ring is 1. The number of thioether (sulfide) groups is 2. The third-order valence-electron chi connectivity index (χ3n) is 5.89. The van der Waals surface area contributed by atoms with Crippen LogP contribution in [-0.2, 0) is 19.2 Å². The van der Waals surface area contributed by atoms with Crippen LogP contribution in [-0.4, -0.2) is 84.3 Å². The molecule has 2 aromatic rings. The van der Waals surface area contributed by atoms with Gasteiger partial charge in [-0.3, -0.25) is 14.5 Å². The molecule has 196 valence electrons. The molecule has 2 aliphatic heterocycles. The van der Waals surface area contributed by atoms with Crippen LogP contribution in [0.25, 0.3) is 0 Å². The van der Waals surface area contributed by atoms with Crippen LogP contribution in [0.4, 0.5) is 5.13 Å². The maximum Gasteiger partial charge on any atom is 0.352 e. The van der Waals surface area contributed by atoms with E-state index in [0.29, 0.717) is 27.3 Å². The predicted octanol–water partition coefficient (Wildman–Crippen LogP) is 0.566. The number of thiazole rings is 1. The monoisotopic (exact) mass is 582 g/mol. The Morgan fingerprint density at radius 1 is 1.38 bits per heavy atom. The maximum atomic E-state index is 13.2. The van der Waals surface area contributed by atoms with Crippen LogP contribution in [0, 0.1) is 5.92 Å². The summed E-state index contributed by atoms with van der Waals surface area (Å²) in [6.45, 7) is 0.251. The van der Waals surface area contributed by atoms with Gasteiger partial charge in [0.05, 0.1) is 0 Å². The third-order valence-corrected chi connectivity index (χ3v) is 9.85. The minimum atomic E-state index is -1.20. The molecule has 4 heterocycles. The number of aromatic nitrogens is 3. The van der Waals surface area contributed by atoms with E-state index in [1.54, 1.807) is 10.9 Å². The topological polar surface area (TPSA) is 199 Å². The summed E-state index contributed by atoms with van der Waals surface area (Å²) >= 11 is 5.24. The van der Waals surface area contributed by atoms with Gasteiger partial charge in [-0.15, -0.1) is 33.3 Å². The van der Waals surface area contributed by atoms with Crippen molar-refractivity contribution in [1.29, 1.82) is 0 Å². The summed E-state index contributed by atoms with van der Waals surface area (Å²) < 4.78 is 0.708. The molecule has 2 fully saturated rings. The normalized spacial score (nSPS) is 22.4. The number of nitrogens with one attached hydrogen (secondary N) is 1. The number of β-lactam (4-membered cyclic amide) rings is 1. The quantitative estimate of drug-likeness (QED) is 0.124. The molecule has 5 rings (SSSR count). The molecule has 1 saturated heterocycles. The Morgan fingerprint density at radius 3 is 2.81 bits per heavy atom. The number of nitrogens with zero attached hydrogens (tertiary/aromatic N) is 5. The highest BCUT2D eigenvalue weighted by Gasteiger charge is 2.54. The first kappa shape index (κ1) is 25.9. The van der Waals surface area contributed by atoms with Crippen LogP contribution < -0.4 is 16.8 Å². The number of carbonyl (C=O) groups excluding carboxylic acids is 2. The molecule has 2 amide bonds. The molecule has 3 aliphatic rings. The lowest BCUT2D eigenvalue weighted by Gasteiger charge is -2.49. The van der Waals surface area contributed by atoms with Gasteiger partial charge in [-0.2, -0.15) is 0 Å². The first-order valence-corrected chi connectivity index (χ1v) is 14.9. The van der Waals surface area contributed by atoms with Gasteiger partial charge < -0.3 is 26.7 Å². The van der Waals surface area contributed by atoms with E-state index in [4.69, 9.17) is 16.3 Å². The molecule has 2 unspecified atom stereocenters. The number of carboxylic acids is 1. The molecule has 0 radical (unpaired) electrons. The number of hydrogen-bond donors (Lipinski definition) is 4. The van der Waals surface area contributed by atoms with Crippen molar-refractivity contribution in [2.24, 2.45) is 16.8 Å². The highest BCUT2D eigenvalue weighted by atomic mass is 32.2. The highest BCUT2D eigenvalue weighted by molar-refractivity contribution is 8.01. The van der Waals surface area contributed by atoms with Crippen LogP contribution in [0.1, 0.15) is 18.5 Å². The molecule has 17 heteroatoms. The van der Waals surface area contributed by atoms with Crippen molar-refractivity contribution in [3.8, 4) is 0 Å². The Morgan fingerprint density at radius 2 is 2.19 bits per heavy atom. The molecule has 2 aromatic heterocycles. The number of amides is 2. The molecule has 1 saturated carbocycles. The lowest BCUT2D eigenvalue weighted by molar-refractivity contribution is -0.150. The summed E-state index contributed by atoms with van der Waals surface area (Å²) in [6.07, 6.45) is 1.64. The molecule has 1 aliphatic carbocycles. The van der Waals surface area contributed by atoms with Crippen molar-refractivity contribution in [1.82, 2.24) is 25.4 Å². The van der Waals surface area contributed by atoms with Crippen LogP contribution in [0.2, 0.25) is 0 Å². The van der Waals surface area contributed by atoms with Gasteiger partial charge in [0.25, 0.3) is 11.8 Å². The van der Waals surface area contributed by atoms with Crippen LogP contribution in [0.15, 0.2) is 31.7 Å². The second-order valence-corrected chi connectivity index (χ2v) is 12.4. The predicted molar refractivity (Wildman–Crippen MR) is 140 cm³/mol. The molecular formula is C20H22N8O5S4. The van der Waals surface area contributed by atoms with Crippen molar-refractivity contribution in [2.45, 2.75) is 34.7 Å². The standard InChI is InChI=1S/C20H22N8O5S4/c21-3-11(8-1-2-8)33-27-12(10-6-35-19(22)24-10)15(29)25-13-16(30)28-14(18(31)32)9(4-34-17(13)28)5-36-20-26-23-7-37-20/h6-8,11,13,17H,1-5,21H2,(H2,22,24)(H,25,29)(H,31,32)/b27-12+/t11?,13?,17-/m1/s1. The van der Waals surface area contributed by atoms with Gasteiger partial charge in [0.1, 0.15) is 34.4 Å². The first-order chi connectivity index (χ1) is 17.9. The lowest BCUT2D eigenvalue weighted by atomic mass is 10.0. The first-order valence-electron chi connectivity index (χ1n) is 11.1. The molecule has 37 heavy (non-hydrogen) atoms. The van der Waals surface area contributed by atoms with Crippen LogP contribution in [0.5, 0.6) is 0 Å². The fraction of sp³-hybridized carbons (Fsp3) is 0.450. The number of carbonyl (C=O) groups is 3. The van der Waals surface area contributed by atoms with Crippen LogP contribution in [0.3, 0.4) is 0 Å². The number of hydrogen-bond acceptors (Lipinski definition) is 14. The second-order valence-electron chi connectivity index (χ2n) is 8.34. The fourth-order valence-corrected chi connectivity index (χ4v) is 7.41. The van der Waals surface area contributed by atoms with E-state index in [2.05, 4.69) is 25.7 Å². The summed E-state index contributed by atoms with van der Waals surface area (Å²) in [5.74, 6) is -1.34. The molecule has 0 spiro atoms. The zero-order valence-corrected chi connectivity index (χ0v) is 22.4. The van der Waals surface area contributed by atoms with Gasteiger partial charge in [-0.25, -0.2) is 9.78 Å². The molecular weight excluding hydrogens is 561 g/mol. The Hall–Kier alpha value is -2.73. The minimum Gasteiger partial charge on any atom is -0.477 e. The van der Waals surface area contributed by atoms with E-state index >= 15 is 0 Å². The Labute approximate surface area is 227 Å². The van der Waals surface area contributed by atoms with Crippen molar-refractivity contribution in [3.05, 3.63) is 27.9 Å². The van der Waals surface area contributed by atoms with E-state index in [1.165, 1.54) is 39.8 Å². The summed E-state index contributed by atoms with van der Waals surface area (Å²) in [7, 11) is 0. The van der Waals surface area contributed by atoms with Crippen LogP contribution >= 0.6 is 46.2 Å². The number of nitrogens with two attached hydrogens (primary N) is 2. The molecule has 6 N–H and O–H groups in total. The van der Waals surface area contributed by atoms with E-state index in [9.17, 15) is 19.5 Å². The molecule has 0 bridgehead atoms. The van der Waals surface area contributed by atoms with Gasteiger partial charge in [0.2, 0.25) is 0 Å². The lowest BCUT2D eigenvalue weighted by Crippen LogP contribution is -2.71. The average Bonchev–Trinajstić information content (AvgIpc) is 3.41. The van der Waals surface area contributed by atoms with Gasteiger partial charge in [-0.05, 0) is 24.3 Å². The van der Waals surface area contributed by atoms with Crippen molar-refractivity contribution in [2.75, 3.05) is 23.8 Å². The second kappa shape index (κ2) is 10.9. The van der Waals surface area contributed by atoms with E-state index in [1.807, 2.05) is 0 Å². The molecule has 3 atom stereocenters. The van der Waals surface area contributed by atoms with E-state index < -0.39 is 29.2 Å². The zero-order chi connectivity index (χ0) is 26.1. The maximum absolute atomic E-state index is 13.2. The van der Waals surface area contributed by atoms with Crippen molar-refractivity contribution < 1.29 is 24.3 Å². The summed E-state index contributed by atoms with van der Waals surface area (Å²) in [5, 5.41) is 25.6. The zero-order valence-electron chi connectivity index (χ0n) is 19.1. The number of rotatable bonds is 11. The number of fused-ring (bicyclic) bond motifs is 1. The van der Waals surface area contributed by atoms with Crippen molar-refractivity contribution >= 4 is 74.8 Å². The Balaban J connectivity index is 1.31. The summed E-state index contributed by atoms with van der Waals surface area (Å²) in [4.78, 5) is 49.3. The molecule has 13 nitrogen and oxygen atoms in total. The van der Waals surface area contributed by atoms with Gasteiger partial charge in [0.15, 0.2) is 15.2 Å². The number of aliphatic carboxylic acids is 1. The number of anilines is 1.